The van der Waals surface area contributed by atoms with Gasteiger partial charge in [0.25, 0.3) is 0 Å². The second-order valence-corrected chi connectivity index (χ2v) is 3.84. The SMILES string of the molecule is [B][C@@H]1O[C@H](CC)[C@H](C)C1OPC. The monoisotopic (exact) mass is 186 g/mol. The molecule has 0 amide bonds. The summed E-state index contributed by atoms with van der Waals surface area (Å²) in [5, 5.41) is 0. The molecule has 1 fully saturated rings. The molecule has 5 atom stereocenters. The zero-order chi connectivity index (χ0) is 9.14. The van der Waals surface area contributed by atoms with E-state index in [-0.39, 0.29) is 18.2 Å². The van der Waals surface area contributed by atoms with E-state index in [9.17, 15) is 0 Å². The van der Waals surface area contributed by atoms with Crippen LogP contribution in [0.5, 0.6) is 0 Å². The Morgan fingerprint density at radius 2 is 2.25 bits per heavy atom. The Hall–Kier alpha value is 0.415. The number of hydrogen-bond acceptors (Lipinski definition) is 2. The smallest absolute Gasteiger partial charge is 0.112 e. The summed E-state index contributed by atoms with van der Waals surface area (Å²) in [7, 11) is 6.27. The second kappa shape index (κ2) is 4.60. The van der Waals surface area contributed by atoms with Crippen LogP contribution in [0.15, 0.2) is 0 Å². The molecule has 1 heterocycles. The first-order valence-corrected chi connectivity index (χ1v) is 5.85. The second-order valence-electron chi connectivity index (χ2n) is 3.19. The van der Waals surface area contributed by atoms with Crippen LogP contribution in [0.25, 0.3) is 0 Å². The minimum absolute atomic E-state index is 0.0956. The van der Waals surface area contributed by atoms with E-state index in [1.165, 1.54) is 0 Å². The van der Waals surface area contributed by atoms with Crippen molar-refractivity contribution >= 4 is 16.7 Å². The summed E-state index contributed by atoms with van der Waals surface area (Å²) in [6, 6.07) is -0.225. The van der Waals surface area contributed by atoms with Crippen LogP contribution in [0.4, 0.5) is 0 Å². The van der Waals surface area contributed by atoms with Crippen LogP contribution in [0.1, 0.15) is 20.3 Å². The first kappa shape index (κ1) is 10.5. The Morgan fingerprint density at radius 3 is 2.67 bits per heavy atom. The van der Waals surface area contributed by atoms with E-state index in [1.807, 2.05) is 6.66 Å². The van der Waals surface area contributed by atoms with Crippen molar-refractivity contribution < 1.29 is 9.26 Å². The van der Waals surface area contributed by atoms with Gasteiger partial charge in [0.15, 0.2) is 0 Å². The molecule has 0 aromatic rings. The van der Waals surface area contributed by atoms with Gasteiger partial charge in [-0.2, -0.15) is 0 Å². The Kier molecular flexibility index (Phi) is 4.02. The molecule has 1 saturated heterocycles. The lowest BCUT2D eigenvalue weighted by Gasteiger charge is -2.18. The van der Waals surface area contributed by atoms with Gasteiger partial charge in [0.2, 0.25) is 0 Å². The molecule has 0 aliphatic carbocycles. The van der Waals surface area contributed by atoms with E-state index in [0.717, 1.165) is 6.42 Å². The summed E-state index contributed by atoms with van der Waals surface area (Å²) in [5.74, 6) is 0.428. The summed E-state index contributed by atoms with van der Waals surface area (Å²) in [6.07, 6.45) is 1.39. The molecule has 1 aliphatic rings. The molecular weight excluding hydrogens is 170 g/mol. The molecule has 2 unspecified atom stereocenters. The standard InChI is InChI=1S/C8H16BO2P/c1-4-6-5(2)7(11-12-3)8(9)10-6/h5-8,12H,4H2,1-3H3/t5-,6+,7?,8+/m0/s1. The highest BCUT2D eigenvalue weighted by Crippen LogP contribution is 2.32. The van der Waals surface area contributed by atoms with E-state index in [1.54, 1.807) is 0 Å². The minimum atomic E-state index is -0.225. The summed E-state index contributed by atoms with van der Waals surface area (Å²) in [5.41, 5.74) is 0. The minimum Gasteiger partial charge on any atom is -0.382 e. The molecule has 0 aromatic carbocycles. The molecule has 0 spiro atoms. The molecule has 0 N–H and O–H groups in total. The van der Waals surface area contributed by atoms with Gasteiger partial charge in [-0.1, -0.05) is 13.8 Å². The van der Waals surface area contributed by atoms with E-state index in [4.69, 9.17) is 17.1 Å². The zero-order valence-corrected chi connectivity index (χ0v) is 8.91. The lowest BCUT2D eigenvalue weighted by Crippen LogP contribution is -2.26. The van der Waals surface area contributed by atoms with Crippen molar-refractivity contribution in [1.29, 1.82) is 0 Å². The molecule has 1 rings (SSSR count). The van der Waals surface area contributed by atoms with Crippen LogP contribution < -0.4 is 0 Å². The number of hydrogen-bond donors (Lipinski definition) is 0. The van der Waals surface area contributed by atoms with Gasteiger partial charge in [-0.3, -0.25) is 0 Å². The molecule has 2 nitrogen and oxygen atoms in total. The van der Waals surface area contributed by atoms with Gasteiger partial charge in [-0.15, -0.1) is 0 Å². The van der Waals surface area contributed by atoms with E-state index >= 15 is 0 Å². The van der Waals surface area contributed by atoms with Crippen LogP contribution in [-0.2, 0) is 9.26 Å². The third-order valence-electron chi connectivity index (χ3n) is 2.42. The molecule has 0 saturated carbocycles. The summed E-state index contributed by atoms with van der Waals surface area (Å²) in [6.45, 7) is 6.27. The third-order valence-corrected chi connectivity index (χ3v) is 2.92. The predicted molar refractivity (Wildman–Crippen MR) is 53.0 cm³/mol. The van der Waals surface area contributed by atoms with Crippen molar-refractivity contribution in [1.82, 2.24) is 0 Å². The Labute approximate surface area is 77.7 Å². The van der Waals surface area contributed by atoms with E-state index in [0.29, 0.717) is 14.7 Å². The van der Waals surface area contributed by atoms with Crippen LogP contribution >= 0.6 is 8.81 Å². The number of rotatable bonds is 3. The molecule has 2 radical (unpaired) electrons. The van der Waals surface area contributed by atoms with Crippen molar-refractivity contribution in [3.8, 4) is 0 Å². The van der Waals surface area contributed by atoms with Crippen LogP contribution in [0.3, 0.4) is 0 Å². The molecule has 4 heteroatoms. The highest BCUT2D eigenvalue weighted by molar-refractivity contribution is 7.31. The van der Waals surface area contributed by atoms with Crippen molar-refractivity contribution in [2.45, 2.75) is 38.5 Å². The number of ether oxygens (including phenoxy) is 1. The van der Waals surface area contributed by atoms with Crippen LogP contribution in [-0.4, -0.2) is 32.7 Å². The molecule has 1 aliphatic heterocycles. The molecule has 0 aromatic heterocycles. The van der Waals surface area contributed by atoms with Crippen molar-refractivity contribution in [2.24, 2.45) is 5.92 Å². The first-order valence-electron chi connectivity index (χ1n) is 4.44. The normalized spacial score (nSPS) is 42.9. The Balaban J connectivity index is 2.51. The fraction of sp³-hybridized carbons (Fsp3) is 1.00. The van der Waals surface area contributed by atoms with Gasteiger partial charge < -0.3 is 9.26 Å². The van der Waals surface area contributed by atoms with Gasteiger partial charge in [0.05, 0.1) is 12.2 Å². The quantitative estimate of drug-likeness (QED) is 0.491. The largest absolute Gasteiger partial charge is 0.382 e. The van der Waals surface area contributed by atoms with E-state index in [2.05, 4.69) is 13.8 Å². The van der Waals surface area contributed by atoms with Crippen molar-refractivity contribution in [3.63, 3.8) is 0 Å². The summed E-state index contributed by atoms with van der Waals surface area (Å²) in [4.78, 5) is 0. The molecule has 68 valence electrons. The molecule has 0 bridgehead atoms. The lowest BCUT2D eigenvalue weighted by molar-refractivity contribution is 0.0638. The van der Waals surface area contributed by atoms with Gasteiger partial charge >= 0.3 is 0 Å². The molecule has 12 heavy (non-hydrogen) atoms. The topological polar surface area (TPSA) is 18.5 Å². The zero-order valence-electron chi connectivity index (χ0n) is 7.91. The highest BCUT2D eigenvalue weighted by Gasteiger charge is 2.38. The average Bonchev–Trinajstić information content (AvgIpc) is 2.32. The van der Waals surface area contributed by atoms with Gasteiger partial charge in [0.1, 0.15) is 7.85 Å². The maximum absolute atomic E-state index is 5.78. The van der Waals surface area contributed by atoms with Crippen molar-refractivity contribution in [3.05, 3.63) is 0 Å². The van der Waals surface area contributed by atoms with Crippen LogP contribution in [0, 0.1) is 5.92 Å². The fourth-order valence-corrected chi connectivity index (χ4v) is 2.31. The molecular formula is C8H16BO2P. The highest BCUT2D eigenvalue weighted by atomic mass is 31.1. The van der Waals surface area contributed by atoms with Crippen molar-refractivity contribution in [2.75, 3.05) is 6.66 Å². The van der Waals surface area contributed by atoms with Gasteiger partial charge in [-0.05, 0) is 13.1 Å². The van der Waals surface area contributed by atoms with E-state index < -0.39 is 0 Å². The summed E-state index contributed by atoms with van der Waals surface area (Å²) < 4.78 is 11.1. The lowest BCUT2D eigenvalue weighted by atomic mass is 9.88. The average molecular weight is 186 g/mol. The van der Waals surface area contributed by atoms with Gasteiger partial charge in [-0.25, -0.2) is 0 Å². The van der Waals surface area contributed by atoms with Gasteiger partial charge in [0, 0.05) is 20.7 Å². The maximum Gasteiger partial charge on any atom is 0.112 e. The predicted octanol–water partition coefficient (Wildman–Crippen LogP) is 1.53. The Bertz CT molecular complexity index is 145. The summed E-state index contributed by atoms with van der Waals surface area (Å²) >= 11 is 0. The fourth-order valence-electron chi connectivity index (χ4n) is 1.69. The van der Waals surface area contributed by atoms with Crippen LogP contribution in [0.2, 0.25) is 0 Å². The Morgan fingerprint density at radius 1 is 1.58 bits per heavy atom. The maximum atomic E-state index is 5.78. The first-order chi connectivity index (χ1) is 5.70. The third kappa shape index (κ3) is 2.01.